The van der Waals surface area contributed by atoms with Gasteiger partial charge in [0.1, 0.15) is 12.4 Å². The van der Waals surface area contributed by atoms with Gasteiger partial charge in [-0.2, -0.15) is 4.68 Å². The maximum absolute atomic E-state index is 13.0. The zero-order chi connectivity index (χ0) is 20.9. The van der Waals surface area contributed by atoms with Crippen molar-refractivity contribution < 1.29 is 18.3 Å². The number of carbonyl (C=O) groups is 1. The Kier molecular flexibility index (Phi) is 6.01. The van der Waals surface area contributed by atoms with E-state index in [0.29, 0.717) is 11.3 Å². The molecule has 1 amide bonds. The Hall–Kier alpha value is -3.30. The van der Waals surface area contributed by atoms with Crippen molar-refractivity contribution in [2.45, 2.75) is 13.1 Å². The Morgan fingerprint density at radius 2 is 1.77 bits per heavy atom. The van der Waals surface area contributed by atoms with Crippen molar-refractivity contribution in [2.75, 3.05) is 31.6 Å². The smallest absolute Gasteiger partial charge is 0.388 e. The zero-order valence-electron chi connectivity index (χ0n) is 16.2. The highest BCUT2D eigenvalue weighted by molar-refractivity contribution is 5.90. The van der Waals surface area contributed by atoms with Gasteiger partial charge in [-0.15, -0.1) is 5.10 Å². The first-order valence-electron chi connectivity index (χ1n) is 9.59. The van der Waals surface area contributed by atoms with E-state index in [9.17, 15) is 14.0 Å². The van der Waals surface area contributed by atoms with Crippen LogP contribution >= 0.6 is 0 Å². The fraction of sp³-hybridized carbons (Fsp3) is 0.286. The van der Waals surface area contributed by atoms with E-state index in [4.69, 9.17) is 9.15 Å². The number of halogens is 1. The van der Waals surface area contributed by atoms with Crippen LogP contribution in [0.2, 0.25) is 0 Å². The number of morpholine rings is 1. The van der Waals surface area contributed by atoms with Gasteiger partial charge in [0.2, 0.25) is 11.8 Å². The molecular weight excluding hydrogens is 391 g/mol. The van der Waals surface area contributed by atoms with Gasteiger partial charge in [-0.3, -0.25) is 9.69 Å². The van der Waals surface area contributed by atoms with E-state index in [-0.39, 0.29) is 12.4 Å². The molecule has 2 aromatic carbocycles. The van der Waals surface area contributed by atoms with Crippen molar-refractivity contribution in [1.82, 2.24) is 14.7 Å². The molecule has 30 heavy (non-hydrogen) atoms. The number of aromatic nitrogens is 2. The SMILES string of the molecule is O=C(Cn1nc(-c2ccc(F)cc2)oc1=O)Nc1ccc(CN2CCOCC2)cc1. The lowest BCUT2D eigenvalue weighted by Gasteiger charge is -2.26. The predicted octanol–water partition coefficient (Wildman–Crippen LogP) is 2.11. The Bertz CT molecular complexity index is 1050. The highest BCUT2D eigenvalue weighted by Crippen LogP contribution is 2.16. The van der Waals surface area contributed by atoms with E-state index in [1.54, 1.807) is 0 Å². The minimum Gasteiger partial charge on any atom is -0.388 e. The van der Waals surface area contributed by atoms with Crippen LogP contribution < -0.4 is 11.1 Å². The summed E-state index contributed by atoms with van der Waals surface area (Å²) in [6.07, 6.45) is 0. The van der Waals surface area contributed by atoms with Crippen molar-refractivity contribution in [2.24, 2.45) is 0 Å². The summed E-state index contributed by atoms with van der Waals surface area (Å²) >= 11 is 0. The summed E-state index contributed by atoms with van der Waals surface area (Å²) in [4.78, 5) is 26.6. The number of ether oxygens (including phenoxy) is 1. The first-order valence-corrected chi connectivity index (χ1v) is 9.59. The van der Waals surface area contributed by atoms with Crippen molar-refractivity contribution in [3.05, 3.63) is 70.5 Å². The molecule has 1 N–H and O–H groups in total. The molecule has 4 rings (SSSR count). The predicted molar refractivity (Wildman–Crippen MR) is 107 cm³/mol. The van der Waals surface area contributed by atoms with Crippen LogP contribution in [0.5, 0.6) is 0 Å². The van der Waals surface area contributed by atoms with E-state index in [1.807, 2.05) is 24.3 Å². The van der Waals surface area contributed by atoms with Crippen molar-refractivity contribution >= 4 is 11.6 Å². The van der Waals surface area contributed by atoms with E-state index in [2.05, 4.69) is 15.3 Å². The number of nitrogens with one attached hydrogen (secondary N) is 1. The molecule has 0 radical (unpaired) electrons. The second-order valence-corrected chi connectivity index (χ2v) is 6.97. The third-order valence-corrected chi connectivity index (χ3v) is 4.74. The van der Waals surface area contributed by atoms with Crippen molar-refractivity contribution in [3.63, 3.8) is 0 Å². The molecule has 1 fully saturated rings. The van der Waals surface area contributed by atoms with Gasteiger partial charge in [0, 0.05) is 30.9 Å². The molecule has 0 saturated carbocycles. The van der Waals surface area contributed by atoms with Gasteiger partial charge in [-0.25, -0.2) is 9.18 Å². The van der Waals surface area contributed by atoms with Crippen LogP contribution in [0.15, 0.2) is 57.7 Å². The molecule has 1 saturated heterocycles. The first-order chi connectivity index (χ1) is 14.6. The third-order valence-electron chi connectivity index (χ3n) is 4.74. The number of benzene rings is 2. The fourth-order valence-electron chi connectivity index (χ4n) is 3.16. The molecule has 0 unspecified atom stereocenters. The lowest BCUT2D eigenvalue weighted by atomic mass is 10.2. The monoisotopic (exact) mass is 412 g/mol. The van der Waals surface area contributed by atoms with Crippen LogP contribution in [0.4, 0.5) is 10.1 Å². The minimum atomic E-state index is -0.759. The van der Waals surface area contributed by atoms with Gasteiger partial charge in [-0.1, -0.05) is 12.1 Å². The standard InChI is InChI=1S/C21H21FN4O4/c22-17-5-3-16(4-6-17)20-24-26(21(28)30-20)14-19(27)23-18-7-1-15(2-8-18)13-25-9-11-29-12-10-25/h1-8H,9-14H2,(H,23,27). The van der Waals surface area contributed by atoms with Gasteiger partial charge in [0.15, 0.2) is 0 Å². The van der Waals surface area contributed by atoms with E-state index < -0.39 is 17.5 Å². The molecule has 9 heteroatoms. The summed E-state index contributed by atoms with van der Waals surface area (Å²) in [5.74, 6) is -1.54. The highest BCUT2D eigenvalue weighted by atomic mass is 19.1. The Morgan fingerprint density at radius 1 is 1.07 bits per heavy atom. The molecule has 0 atom stereocenters. The fourth-order valence-corrected chi connectivity index (χ4v) is 3.16. The summed E-state index contributed by atoms with van der Waals surface area (Å²) in [6.45, 7) is 3.85. The van der Waals surface area contributed by atoms with Crippen LogP contribution in [0, 0.1) is 5.82 Å². The molecule has 1 aliphatic rings. The van der Waals surface area contributed by atoms with Crippen LogP contribution in [0.25, 0.3) is 11.5 Å². The maximum atomic E-state index is 13.0. The van der Waals surface area contributed by atoms with Gasteiger partial charge in [0.25, 0.3) is 0 Å². The molecule has 8 nitrogen and oxygen atoms in total. The summed E-state index contributed by atoms with van der Waals surface area (Å²) in [5, 5.41) is 6.75. The largest absolute Gasteiger partial charge is 0.437 e. The molecule has 1 aliphatic heterocycles. The number of hydrogen-bond donors (Lipinski definition) is 1. The van der Waals surface area contributed by atoms with Crippen molar-refractivity contribution in [1.29, 1.82) is 0 Å². The number of hydrogen-bond acceptors (Lipinski definition) is 6. The number of rotatable bonds is 6. The van der Waals surface area contributed by atoms with Gasteiger partial charge >= 0.3 is 5.76 Å². The Labute approximate surface area is 171 Å². The van der Waals surface area contributed by atoms with Crippen LogP contribution in [0.3, 0.4) is 0 Å². The van der Waals surface area contributed by atoms with Gasteiger partial charge in [-0.05, 0) is 42.0 Å². The Morgan fingerprint density at radius 3 is 2.47 bits per heavy atom. The highest BCUT2D eigenvalue weighted by Gasteiger charge is 2.14. The topological polar surface area (TPSA) is 89.6 Å². The molecule has 0 spiro atoms. The van der Waals surface area contributed by atoms with Gasteiger partial charge < -0.3 is 14.5 Å². The number of amides is 1. The molecular formula is C21H21FN4O4. The number of nitrogens with zero attached hydrogens (tertiary/aromatic N) is 3. The van der Waals surface area contributed by atoms with E-state index in [1.165, 1.54) is 24.3 Å². The quantitative estimate of drug-likeness (QED) is 0.667. The summed E-state index contributed by atoms with van der Waals surface area (Å²) in [6, 6.07) is 12.9. The number of carbonyl (C=O) groups excluding carboxylic acids is 1. The summed E-state index contributed by atoms with van der Waals surface area (Å²) in [5.41, 5.74) is 2.22. The zero-order valence-corrected chi connectivity index (χ0v) is 16.2. The molecule has 156 valence electrons. The third kappa shape index (κ3) is 5.00. The summed E-state index contributed by atoms with van der Waals surface area (Å²) in [7, 11) is 0. The lowest BCUT2D eigenvalue weighted by molar-refractivity contribution is -0.117. The van der Waals surface area contributed by atoms with E-state index >= 15 is 0 Å². The van der Waals surface area contributed by atoms with Gasteiger partial charge in [0.05, 0.1) is 13.2 Å². The normalized spacial score (nSPS) is 14.6. The average molecular weight is 412 g/mol. The van der Waals surface area contributed by atoms with Crippen LogP contribution in [-0.4, -0.2) is 46.9 Å². The first kappa shape index (κ1) is 20.0. The molecule has 0 aliphatic carbocycles. The molecule has 0 bridgehead atoms. The molecule has 1 aromatic heterocycles. The molecule has 2 heterocycles. The van der Waals surface area contributed by atoms with Crippen molar-refractivity contribution in [3.8, 4) is 11.5 Å². The van der Waals surface area contributed by atoms with Crippen LogP contribution in [-0.2, 0) is 22.6 Å². The van der Waals surface area contributed by atoms with E-state index in [0.717, 1.165) is 43.1 Å². The minimum absolute atomic E-state index is 0.0280. The second kappa shape index (κ2) is 9.02. The second-order valence-electron chi connectivity index (χ2n) is 6.97. The lowest BCUT2D eigenvalue weighted by Crippen LogP contribution is -2.35. The van der Waals surface area contributed by atoms with Crippen LogP contribution in [0.1, 0.15) is 5.56 Å². The number of anilines is 1. The summed E-state index contributed by atoms with van der Waals surface area (Å²) < 4.78 is 24.4. The Balaban J connectivity index is 1.35. The average Bonchev–Trinajstić information content (AvgIpc) is 3.11. The molecule has 3 aromatic rings. The maximum Gasteiger partial charge on any atom is 0.437 e.